The first kappa shape index (κ1) is 15.5. The minimum absolute atomic E-state index is 0.156. The molecule has 0 bridgehead atoms. The van der Waals surface area contributed by atoms with Crippen molar-refractivity contribution in [2.75, 3.05) is 5.32 Å². The summed E-state index contributed by atoms with van der Waals surface area (Å²) in [5.41, 5.74) is 3.07. The lowest BCUT2D eigenvalue weighted by Gasteiger charge is -2.06. The number of aromatic nitrogens is 4. The Morgan fingerprint density at radius 2 is 2.00 bits per heavy atom. The van der Waals surface area contributed by atoms with Gasteiger partial charge in [-0.25, -0.2) is 9.97 Å². The molecule has 2 heterocycles. The number of carbonyl (C=O) groups excluding carboxylic acids is 1. The maximum absolute atomic E-state index is 12.6. The normalized spacial score (nSPS) is 11.0. The topological polar surface area (TPSA) is 83.6 Å². The summed E-state index contributed by atoms with van der Waals surface area (Å²) in [6.45, 7) is 3.81. The molecule has 25 heavy (non-hydrogen) atoms. The molecular weight excluding hydrogens is 334 g/mol. The van der Waals surface area contributed by atoms with Crippen LogP contribution in [-0.2, 0) is 0 Å². The molecule has 0 unspecified atom stereocenters. The molecule has 124 valence electrons. The van der Waals surface area contributed by atoms with E-state index in [0.717, 1.165) is 26.6 Å². The summed E-state index contributed by atoms with van der Waals surface area (Å²) in [6.07, 6.45) is 0. The maximum Gasteiger partial charge on any atom is 0.255 e. The summed E-state index contributed by atoms with van der Waals surface area (Å²) < 4.78 is 1.01. The molecule has 4 aromatic rings. The van der Waals surface area contributed by atoms with Crippen LogP contribution in [0.4, 0.5) is 5.69 Å². The smallest absolute Gasteiger partial charge is 0.255 e. The molecule has 0 fully saturated rings. The van der Waals surface area contributed by atoms with E-state index in [-0.39, 0.29) is 5.91 Å². The lowest BCUT2D eigenvalue weighted by atomic mass is 10.1. The lowest BCUT2D eigenvalue weighted by Crippen LogP contribution is -2.11. The van der Waals surface area contributed by atoms with Gasteiger partial charge in [-0.2, -0.15) is 5.10 Å². The first-order valence-electron chi connectivity index (χ1n) is 7.76. The number of nitrogens with zero attached hydrogens (tertiary/aromatic N) is 3. The van der Waals surface area contributed by atoms with E-state index in [0.29, 0.717) is 17.1 Å². The summed E-state index contributed by atoms with van der Waals surface area (Å²) in [5.74, 6) is 1.20. The number of thiazole rings is 1. The SMILES string of the molecule is Cc1nc(-c2cccc(NC(=O)c3ccc4nc(C)sc4c3)c2)n[nH]1. The van der Waals surface area contributed by atoms with E-state index >= 15 is 0 Å². The van der Waals surface area contributed by atoms with Gasteiger partial charge in [-0.05, 0) is 44.2 Å². The molecule has 0 radical (unpaired) electrons. The highest BCUT2D eigenvalue weighted by Gasteiger charge is 2.10. The first-order valence-corrected chi connectivity index (χ1v) is 8.58. The van der Waals surface area contributed by atoms with Crippen molar-refractivity contribution in [2.24, 2.45) is 0 Å². The highest BCUT2D eigenvalue weighted by atomic mass is 32.1. The molecule has 2 N–H and O–H groups in total. The summed E-state index contributed by atoms with van der Waals surface area (Å²) in [7, 11) is 0. The zero-order valence-corrected chi connectivity index (χ0v) is 14.5. The van der Waals surface area contributed by atoms with Gasteiger partial charge < -0.3 is 5.32 Å². The number of benzene rings is 2. The van der Waals surface area contributed by atoms with Crippen molar-refractivity contribution in [1.82, 2.24) is 20.2 Å². The Morgan fingerprint density at radius 3 is 2.80 bits per heavy atom. The number of rotatable bonds is 3. The number of hydrogen-bond donors (Lipinski definition) is 2. The third-order valence-corrected chi connectivity index (χ3v) is 4.67. The number of fused-ring (bicyclic) bond motifs is 1. The van der Waals surface area contributed by atoms with Crippen molar-refractivity contribution in [3.63, 3.8) is 0 Å². The van der Waals surface area contributed by atoms with Gasteiger partial charge in [0.2, 0.25) is 0 Å². The van der Waals surface area contributed by atoms with E-state index in [1.165, 1.54) is 0 Å². The molecule has 0 saturated carbocycles. The number of aryl methyl sites for hydroxylation is 2. The van der Waals surface area contributed by atoms with Gasteiger partial charge in [0.05, 0.1) is 15.2 Å². The monoisotopic (exact) mass is 349 g/mol. The third kappa shape index (κ3) is 3.14. The van der Waals surface area contributed by atoms with Crippen molar-refractivity contribution in [1.29, 1.82) is 0 Å². The van der Waals surface area contributed by atoms with E-state index in [2.05, 4.69) is 25.5 Å². The van der Waals surface area contributed by atoms with E-state index in [9.17, 15) is 4.79 Å². The van der Waals surface area contributed by atoms with E-state index in [1.807, 2.05) is 50.2 Å². The molecule has 4 rings (SSSR count). The van der Waals surface area contributed by atoms with Crippen LogP contribution in [0, 0.1) is 13.8 Å². The lowest BCUT2D eigenvalue weighted by molar-refractivity contribution is 0.102. The molecule has 0 atom stereocenters. The van der Waals surface area contributed by atoms with Gasteiger partial charge in [0.15, 0.2) is 5.82 Å². The second-order valence-corrected chi connectivity index (χ2v) is 6.93. The van der Waals surface area contributed by atoms with Gasteiger partial charge >= 0.3 is 0 Å². The summed E-state index contributed by atoms with van der Waals surface area (Å²) in [6, 6.07) is 13.0. The number of hydrogen-bond acceptors (Lipinski definition) is 5. The highest BCUT2D eigenvalue weighted by Crippen LogP contribution is 2.24. The molecule has 1 amide bonds. The molecule has 7 heteroatoms. The minimum Gasteiger partial charge on any atom is -0.322 e. The van der Waals surface area contributed by atoms with Gasteiger partial charge in [0.25, 0.3) is 5.91 Å². The molecule has 0 aliphatic carbocycles. The second kappa shape index (κ2) is 6.10. The van der Waals surface area contributed by atoms with Crippen LogP contribution in [-0.4, -0.2) is 26.1 Å². The zero-order chi connectivity index (χ0) is 17.4. The Kier molecular flexibility index (Phi) is 3.77. The third-order valence-electron chi connectivity index (χ3n) is 3.73. The predicted octanol–water partition coefficient (Wildman–Crippen LogP) is 3.95. The Bertz CT molecular complexity index is 1080. The van der Waals surface area contributed by atoms with Crippen LogP contribution >= 0.6 is 11.3 Å². The molecule has 0 spiro atoms. The largest absolute Gasteiger partial charge is 0.322 e. The van der Waals surface area contributed by atoms with Gasteiger partial charge in [-0.15, -0.1) is 11.3 Å². The fourth-order valence-electron chi connectivity index (χ4n) is 2.59. The Morgan fingerprint density at radius 1 is 1.12 bits per heavy atom. The number of carbonyl (C=O) groups is 1. The van der Waals surface area contributed by atoms with E-state index in [4.69, 9.17) is 0 Å². The van der Waals surface area contributed by atoms with Crippen molar-refractivity contribution in [3.8, 4) is 11.4 Å². The molecule has 0 aliphatic heterocycles. The molecule has 0 saturated heterocycles. The fraction of sp³-hybridized carbons (Fsp3) is 0.111. The minimum atomic E-state index is -0.156. The van der Waals surface area contributed by atoms with Crippen LogP contribution in [0.3, 0.4) is 0 Å². The highest BCUT2D eigenvalue weighted by molar-refractivity contribution is 7.18. The standard InChI is InChI=1S/C18H15N5OS/c1-10-19-17(23-22-10)12-4-3-5-14(8-12)21-18(24)13-6-7-15-16(9-13)25-11(2)20-15/h3-9H,1-2H3,(H,21,24)(H,19,22,23). The van der Waals surface area contributed by atoms with E-state index in [1.54, 1.807) is 17.4 Å². The molecular formula is C18H15N5OS. The van der Waals surface area contributed by atoms with Crippen LogP contribution in [0.25, 0.3) is 21.6 Å². The maximum atomic E-state index is 12.6. The summed E-state index contributed by atoms with van der Waals surface area (Å²) >= 11 is 1.58. The van der Waals surface area contributed by atoms with Crippen molar-refractivity contribution in [3.05, 3.63) is 58.9 Å². The Hall–Kier alpha value is -3.06. The Labute approximate surface area is 148 Å². The van der Waals surface area contributed by atoms with Crippen LogP contribution in [0.15, 0.2) is 42.5 Å². The van der Waals surface area contributed by atoms with Crippen LogP contribution in [0.2, 0.25) is 0 Å². The summed E-state index contributed by atoms with van der Waals surface area (Å²) in [5, 5.41) is 10.9. The predicted molar refractivity (Wildman–Crippen MR) is 98.9 cm³/mol. The van der Waals surface area contributed by atoms with Gasteiger partial charge in [-0.3, -0.25) is 9.89 Å². The van der Waals surface area contributed by atoms with E-state index < -0.39 is 0 Å². The number of nitrogens with one attached hydrogen (secondary N) is 2. The molecule has 2 aromatic carbocycles. The number of aromatic amines is 1. The average molecular weight is 349 g/mol. The Balaban J connectivity index is 1.59. The molecule has 6 nitrogen and oxygen atoms in total. The van der Waals surface area contributed by atoms with Crippen molar-refractivity contribution in [2.45, 2.75) is 13.8 Å². The van der Waals surface area contributed by atoms with Gasteiger partial charge in [0.1, 0.15) is 5.82 Å². The average Bonchev–Trinajstić information content (AvgIpc) is 3.19. The van der Waals surface area contributed by atoms with Crippen LogP contribution < -0.4 is 5.32 Å². The van der Waals surface area contributed by atoms with Crippen molar-refractivity contribution < 1.29 is 4.79 Å². The van der Waals surface area contributed by atoms with Crippen LogP contribution in [0.5, 0.6) is 0 Å². The first-order chi connectivity index (χ1) is 12.1. The number of anilines is 1. The van der Waals surface area contributed by atoms with Gasteiger partial charge in [-0.1, -0.05) is 12.1 Å². The van der Waals surface area contributed by atoms with Crippen LogP contribution in [0.1, 0.15) is 21.2 Å². The summed E-state index contributed by atoms with van der Waals surface area (Å²) in [4.78, 5) is 21.3. The fourth-order valence-corrected chi connectivity index (χ4v) is 3.46. The molecule has 2 aromatic heterocycles. The zero-order valence-electron chi connectivity index (χ0n) is 13.7. The second-order valence-electron chi connectivity index (χ2n) is 5.69. The molecule has 0 aliphatic rings. The quantitative estimate of drug-likeness (QED) is 0.586. The number of H-pyrrole nitrogens is 1. The number of amides is 1. The van der Waals surface area contributed by atoms with Crippen molar-refractivity contribution >= 4 is 33.1 Å². The van der Waals surface area contributed by atoms with Gasteiger partial charge in [0, 0.05) is 16.8 Å².